The maximum Gasteiger partial charge on any atom is 0.222 e. The van der Waals surface area contributed by atoms with Gasteiger partial charge in [0.15, 0.2) is 5.82 Å². The summed E-state index contributed by atoms with van der Waals surface area (Å²) in [6.07, 6.45) is 4.41. The largest absolute Gasteiger partial charge is 0.394 e. The van der Waals surface area contributed by atoms with E-state index in [1.54, 1.807) is 6.07 Å². The molecule has 114 valence electrons. The molecule has 7 heteroatoms. The van der Waals surface area contributed by atoms with Crippen LogP contribution in [0.3, 0.4) is 0 Å². The number of nitrogen functional groups attached to an aromatic ring is 1. The number of anilines is 2. The van der Waals surface area contributed by atoms with Crippen molar-refractivity contribution in [2.24, 2.45) is 0 Å². The van der Waals surface area contributed by atoms with Crippen LogP contribution in [0.4, 0.5) is 11.8 Å². The van der Waals surface area contributed by atoms with Gasteiger partial charge in [-0.15, -0.1) is 0 Å². The first-order valence-corrected chi connectivity index (χ1v) is 7.33. The summed E-state index contributed by atoms with van der Waals surface area (Å²) in [5, 5.41) is 13.4. The zero-order valence-corrected chi connectivity index (χ0v) is 13.0. The van der Waals surface area contributed by atoms with E-state index in [1.165, 1.54) is 6.20 Å². The minimum absolute atomic E-state index is 0.00795. The Hall–Kier alpha value is -1.66. The van der Waals surface area contributed by atoms with Crippen LogP contribution < -0.4 is 11.1 Å². The number of nitrogens with zero attached hydrogens (tertiary/aromatic N) is 3. The molecule has 0 aliphatic rings. The molecule has 0 fully saturated rings. The fourth-order valence-electron chi connectivity index (χ4n) is 2.13. The Bertz CT molecular complexity index is 631. The molecule has 0 spiro atoms. The van der Waals surface area contributed by atoms with Gasteiger partial charge in [-0.25, -0.2) is 9.97 Å². The van der Waals surface area contributed by atoms with E-state index < -0.39 is 5.54 Å². The van der Waals surface area contributed by atoms with Crippen molar-refractivity contribution in [3.63, 3.8) is 0 Å². The normalized spacial score (nSPS) is 14.1. The van der Waals surface area contributed by atoms with Gasteiger partial charge in [0.05, 0.1) is 22.7 Å². The van der Waals surface area contributed by atoms with Gasteiger partial charge in [0.1, 0.15) is 5.52 Å². The van der Waals surface area contributed by atoms with Crippen molar-refractivity contribution in [2.75, 3.05) is 17.7 Å². The van der Waals surface area contributed by atoms with E-state index in [0.29, 0.717) is 21.9 Å². The molecule has 2 aromatic rings. The SMILES string of the molecule is CCCCC(C)(CO)Nc1nc(N)nc2cc(Cl)cnc12. The average molecular weight is 310 g/mol. The number of aromatic nitrogens is 3. The molecule has 2 aromatic heterocycles. The van der Waals surface area contributed by atoms with Crippen LogP contribution in [0.2, 0.25) is 5.02 Å². The molecule has 0 radical (unpaired) electrons. The number of aliphatic hydroxyl groups excluding tert-OH is 1. The highest BCUT2D eigenvalue weighted by atomic mass is 35.5. The summed E-state index contributed by atoms with van der Waals surface area (Å²) in [5.74, 6) is 0.659. The predicted molar refractivity (Wildman–Crippen MR) is 85.4 cm³/mol. The summed E-state index contributed by atoms with van der Waals surface area (Å²) in [5.41, 5.74) is 6.42. The van der Waals surface area contributed by atoms with E-state index in [4.69, 9.17) is 17.3 Å². The summed E-state index contributed by atoms with van der Waals surface area (Å²) in [7, 11) is 0. The predicted octanol–water partition coefficient (Wildman–Crippen LogP) is 2.61. The number of rotatable bonds is 6. The molecular formula is C14H20ClN5O. The number of hydrogen-bond acceptors (Lipinski definition) is 6. The van der Waals surface area contributed by atoms with Gasteiger partial charge in [0, 0.05) is 6.20 Å². The van der Waals surface area contributed by atoms with Gasteiger partial charge < -0.3 is 16.2 Å². The van der Waals surface area contributed by atoms with Gasteiger partial charge in [0.2, 0.25) is 5.95 Å². The van der Waals surface area contributed by atoms with Crippen molar-refractivity contribution in [1.29, 1.82) is 0 Å². The Morgan fingerprint density at radius 2 is 2.19 bits per heavy atom. The van der Waals surface area contributed by atoms with Gasteiger partial charge in [-0.2, -0.15) is 4.98 Å². The Morgan fingerprint density at radius 3 is 2.86 bits per heavy atom. The van der Waals surface area contributed by atoms with Crippen molar-refractivity contribution in [2.45, 2.75) is 38.6 Å². The molecule has 1 unspecified atom stereocenters. The number of unbranched alkanes of at least 4 members (excludes halogenated alkanes) is 1. The first kappa shape index (κ1) is 15.7. The quantitative estimate of drug-likeness (QED) is 0.759. The van der Waals surface area contributed by atoms with Crippen molar-refractivity contribution >= 4 is 34.4 Å². The second kappa shape index (κ2) is 6.41. The molecular weight excluding hydrogens is 290 g/mol. The van der Waals surface area contributed by atoms with Gasteiger partial charge >= 0.3 is 0 Å². The number of halogens is 1. The minimum atomic E-state index is -0.481. The minimum Gasteiger partial charge on any atom is -0.394 e. The second-order valence-electron chi connectivity index (χ2n) is 5.40. The molecule has 21 heavy (non-hydrogen) atoms. The standard InChI is InChI=1S/C14H20ClN5O/c1-3-4-5-14(2,8-21)20-12-11-10(18-13(16)19-12)6-9(15)7-17-11/h6-7,21H,3-5,8H2,1-2H3,(H3,16,18,19,20). The number of nitrogens with two attached hydrogens (primary N) is 1. The van der Waals surface area contributed by atoms with Crippen LogP contribution in [0.5, 0.6) is 0 Å². The molecule has 1 atom stereocenters. The Kier molecular flexibility index (Phi) is 4.80. The molecule has 0 saturated carbocycles. The third kappa shape index (κ3) is 3.71. The molecule has 0 aliphatic carbocycles. The highest BCUT2D eigenvalue weighted by Crippen LogP contribution is 2.26. The molecule has 0 saturated heterocycles. The molecule has 4 N–H and O–H groups in total. The first-order valence-electron chi connectivity index (χ1n) is 6.95. The van der Waals surface area contributed by atoms with Crippen LogP contribution >= 0.6 is 11.6 Å². The fraction of sp³-hybridized carbons (Fsp3) is 0.500. The van der Waals surface area contributed by atoms with Crippen molar-refractivity contribution in [1.82, 2.24) is 15.0 Å². The van der Waals surface area contributed by atoms with Crippen LogP contribution in [-0.2, 0) is 0 Å². The van der Waals surface area contributed by atoms with Crippen molar-refractivity contribution in [3.05, 3.63) is 17.3 Å². The van der Waals surface area contributed by atoms with E-state index in [9.17, 15) is 5.11 Å². The average Bonchev–Trinajstić information content (AvgIpc) is 2.44. The zero-order valence-electron chi connectivity index (χ0n) is 12.2. The van der Waals surface area contributed by atoms with E-state index in [0.717, 1.165) is 19.3 Å². The van der Waals surface area contributed by atoms with Crippen molar-refractivity contribution in [3.8, 4) is 0 Å². The van der Waals surface area contributed by atoms with Gasteiger partial charge in [-0.1, -0.05) is 31.4 Å². The maximum absolute atomic E-state index is 9.68. The van der Waals surface area contributed by atoms with E-state index in [1.807, 2.05) is 6.92 Å². The van der Waals surface area contributed by atoms with E-state index >= 15 is 0 Å². The Morgan fingerprint density at radius 1 is 1.43 bits per heavy atom. The Balaban J connectivity index is 2.41. The number of hydrogen-bond donors (Lipinski definition) is 3. The third-order valence-corrected chi connectivity index (χ3v) is 3.58. The van der Waals surface area contributed by atoms with Crippen LogP contribution in [-0.4, -0.2) is 32.2 Å². The zero-order chi connectivity index (χ0) is 15.5. The lowest BCUT2D eigenvalue weighted by atomic mass is 9.96. The molecule has 2 rings (SSSR count). The summed E-state index contributed by atoms with van der Waals surface area (Å²) < 4.78 is 0. The van der Waals surface area contributed by atoms with Crippen LogP contribution in [0.1, 0.15) is 33.1 Å². The number of fused-ring (bicyclic) bond motifs is 1. The number of nitrogens with one attached hydrogen (secondary N) is 1. The molecule has 6 nitrogen and oxygen atoms in total. The number of pyridine rings is 1. The molecule has 0 aromatic carbocycles. The first-order chi connectivity index (χ1) is 9.97. The van der Waals surface area contributed by atoms with Gasteiger partial charge in [-0.3, -0.25) is 0 Å². The molecule has 0 bridgehead atoms. The molecule has 0 aliphatic heterocycles. The maximum atomic E-state index is 9.68. The summed E-state index contributed by atoms with van der Waals surface area (Å²) in [6, 6.07) is 1.69. The monoisotopic (exact) mass is 309 g/mol. The third-order valence-electron chi connectivity index (χ3n) is 3.37. The lowest BCUT2D eigenvalue weighted by molar-refractivity contribution is 0.212. The summed E-state index contributed by atoms with van der Waals surface area (Å²) in [4.78, 5) is 12.6. The highest BCUT2D eigenvalue weighted by molar-refractivity contribution is 6.31. The van der Waals surface area contributed by atoms with E-state index in [-0.39, 0.29) is 12.6 Å². The van der Waals surface area contributed by atoms with Crippen molar-refractivity contribution < 1.29 is 5.11 Å². The molecule has 2 heterocycles. The van der Waals surface area contributed by atoms with Crippen LogP contribution in [0, 0.1) is 0 Å². The lowest BCUT2D eigenvalue weighted by Crippen LogP contribution is -2.39. The van der Waals surface area contributed by atoms with E-state index in [2.05, 4.69) is 27.2 Å². The Labute approximate surface area is 128 Å². The highest BCUT2D eigenvalue weighted by Gasteiger charge is 2.24. The fourth-order valence-corrected chi connectivity index (χ4v) is 2.29. The summed E-state index contributed by atoms with van der Waals surface area (Å²) >= 11 is 5.93. The van der Waals surface area contributed by atoms with Gasteiger partial charge in [-0.05, 0) is 19.4 Å². The molecule has 0 amide bonds. The smallest absolute Gasteiger partial charge is 0.222 e. The topological polar surface area (TPSA) is 97.0 Å². The van der Waals surface area contributed by atoms with Crippen LogP contribution in [0.15, 0.2) is 12.3 Å². The summed E-state index contributed by atoms with van der Waals surface area (Å²) in [6.45, 7) is 4.05. The van der Waals surface area contributed by atoms with Crippen LogP contribution in [0.25, 0.3) is 11.0 Å². The second-order valence-corrected chi connectivity index (χ2v) is 5.84. The number of aliphatic hydroxyl groups is 1. The lowest BCUT2D eigenvalue weighted by Gasteiger charge is -2.29. The van der Waals surface area contributed by atoms with Gasteiger partial charge in [0.25, 0.3) is 0 Å².